The molecule has 134 valence electrons. The van der Waals surface area contributed by atoms with Crippen LogP contribution in [0, 0.1) is 0 Å². The standard InChI is InChI=1S/C17H17ClN6O2/c1-11(24-10-12(18)9-19-24)16(25)20-13-4-3-5-14(8-13)21-17(26)15-6-7-23(2)22-15/h3-11H,1-2H3,(H,20,25)(H,21,26). The van der Waals surface area contributed by atoms with Gasteiger partial charge in [-0.25, -0.2) is 0 Å². The first-order valence-electron chi connectivity index (χ1n) is 7.84. The molecule has 0 spiro atoms. The second-order valence-electron chi connectivity index (χ2n) is 5.71. The number of carbonyl (C=O) groups is 2. The van der Waals surface area contributed by atoms with Gasteiger partial charge >= 0.3 is 0 Å². The van der Waals surface area contributed by atoms with Crippen LogP contribution in [0.25, 0.3) is 0 Å². The Kier molecular flexibility index (Phi) is 5.04. The van der Waals surface area contributed by atoms with Crippen molar-refractivity contribution in [2.24, 2.45) is 7.05 Å². The molecule has 3 rings (SSSR count). The van der Waals surface area contributed by atoms with Crippen LogP contribution in [0.5, 0.6) is 0 Å². The monoisotopic (exact) mass is 372 g/mol. The van der Waals surface area contributed by atoms with E-state index in [2.05, 4.69) is 20.8 Å². The van der Waals surface area contributed by atoms with Gasteiger partial charge in [0.1, 0.15) is 6.04 Å². The highest BCUT2D eigenvalue weighted by molar-refractivity contribution is 6.30. The van der Waals surface area contributed by atoms with E-state index in [1.807, 2.05) is 0 Å². The minimum atomic E-state index is -0.533. The van der Waals surface area contributed by atoms with E-state index in [4.69, 9.17) is 11.6 Å². The molecule has 0 saturated heterocycles. The highest BCUT2D eigenvalue weighted by atomic mass is 35.5. The third kappa shape index (κ3) is 4.09. The number of nitrogens with one attached hydrogen (secondary N) is 2. The topological polar surface area (TPSA) is 93.8 Å². The number of halogens is 1. The van der Waals surface area contributed by atoms with E-state index in [-0.39, 0.29) is 11.8 Å². The summed E-state index contributed by atoms with van der Waals surface area (Å²) in [5.41, 5.74) is 1.42. The van der Waals surface area contributed by atoms with E-state index in [0.29, 0.717) is 22.1 Å². The fourth-order valence-electron chi connectivity index (χ4n) is 2.30. The summed E-state index contributed by atoms with van der Waals surface area (Å²) in [6, 6.07) is 7.96. The second kappa shape index (κ2) is 7.40. The Morgan fingerprint density at radius 3 is 2.54 bits per heavy atom. The molecule has 1 atom stereocenters. The van der Waals surface area contributed by atoms with Crippen LogP contribution < -0.4 is 10.6 Å². The predicted molar refractivity (Wildman–Crippen MR) is 98.2 cm³/mol. The van der Waals surface area contributed by atoms with Crippen molar-refractivity contribution in [3.63, 3.8) is 0 Å². The first-order chi connectivity index (χ1) is 12.4. The number of anilines is 2. The number of carbonyl (C=O) groups excluding carboxylic acids is 2. The highest BCUT2D eigenvalue weighted by Gasteiger charge is 2.16. The summed E-state index contributed by atoms with van der Waals surface area (Å²) in [6.45, 7) is 1.71. The summed E-state index contributed by atoms with van der Waals surface area (Å²) in [7, 11) is 1.74. The molecule has 2 heterocycles. The summed E-state index contributed by atoms with van der Waals surface area (Å²) in [6.07, 6.45) is 4.74. The third-order valence-electron chi connectivity index (χ3n) is 3.68. The lowest BCUT2D eigenvalue weighted by molar-refractivity contribution is -0.119. The number of amides is 2. The van der Waals surface area contributed by atoms with Gasteiger partial charge in [0.25, 0.3) is 5.91 Å². The summed E-state index contributed by atoms with van der Waals surface area (Å²) >= 11 is 5.83. The van der Waals surface area contributed by atoms with Crippen LogP contribution in [0.2, 0.25) is 5.02 Å². The van der Waals surface area contributed by atoms with Gasteiger partial charge < -0.3 is 10.6 Å². The van der Waals surface area contributed by atoms with Crippen molar-refractivity contribution in [3.8, 4) is 0 Å². The molecule has 26 heavy (non-hydrogen) atoms. The first-order valence-corrected chi connectivity index (χ1v) is 8.22. The number of aromatic nitrogens is 4. The maximum Gasteiger partial charge on any atom is 0.276 e. The lowest BCUT2D eigenvalue weighted by atomic mass is 10.2. The largest absolute Gasteiger partial charge is 0.324 e. The Labute approximate surface area is 154 Å². The van der Waals surface area contributed by atoms with Crippen molar-refractivity contribution < 1.29 is 9.59 Å². The Bertz CT molecular complexity index is 948. The lowest BCUT2D eigenvalue weighted by Crippen LogP contribution is -2.24. The zero-order valence-corrected chi connectivity index (χ0v) is 14.9. The van der Waals surface area contributed by atoms with Gasteiger partial charge in [-0.1, -0.05) is 17.7 Å². The molecule has 9 heteroatoms. The molecule has 8 nitrogen and oxygen atoms in total. The van der Waals surface area contributed by atoms with E-state index in [1.165, 1.54) is 10.9 Å². The number of rotatable bonds is 5. The van der Waals surface area contributed by atoms with Crippen molar-refractivity contribution in [1.29, 1.82) is 0 Å². The van der Waals surface area contributed by atoms with Crippen molar-refractivity contribution in [1.82, 2.24) is 19.6 Å². The van der Waals surface area contributed by atoms with Crippen molar-refractivity contribution >= 4 is 34.8 Å². The van der Waals surface area contributed by atoms with Crippen LogP contribution in [-0.2, 0) is 11.8 Å². The Morgan fingerprint density at radius 2 is 1.92 bits per heavy atom. The van der Waals surface area contributed by atoms with Crippen LogP contribution in [0.3, 0.4) is 0 Å². The molecular weight excluding hydrogens is 356 g/mol. The molecule has 1 aromatic carbocycles. The molecule has 0 aliphatic rings. The maximum atomic E-state index is 12.4. The Morgan fingerprint density at radius 1 is 1.19 bits per heavy atom. The van der Waals surface area contributed by atoms with Gasteiger partial charge in [-0.3, -0.25) is 19.0 Å². The van der Waals surface area contributed by atoms with Crippen molar-refractivity contribution in [2.75, 3.05) is 10.6 Å². The molecule has 1 unspecified atom stereocenters. The molecule has 0 aliphatic carbocycles. The van der Waals surface area contributed by atoms with Gasteiger partial charge in [-0.05, 0) is 31.2 Å². The summed E-state index contributed by atoms with van der Waals surface area (Å²) in [4.78, 5) is 24.5. The zero-order valence-electron chi connectivity index (χ0n) is 14.2. The zero-order chi connectivity index (χ0) is 18.7. The summed E-state index contributed by atoms with van der Waals surface area (Å²) in [5.74, 6) is -0.577. The number of nitrogens with zero attached hydrogens (tertiary/aromatic N) is 4. The Hall–Kier alpha value is -3.13. The number of benzene rings is 1. The van der Waals surface area contributed by atoms with E-state index >= 15 is 0 Å². The van der Waals surface area contributed by atoms with E-state index in [1.54, 1.807) is 61.4 Å². The van der Waals surface area contributed by atoms with Gasteiger partial charge in [0.2, 0.25) is 5.91 Å². The number of hydrogen-bond donors (Lipinski definition) is 2. The number of aryl methyl sites for hydroxylation is 1. The van der Waals surface area contributed by atoms with Gasteiger partial charge in [-0.15, -0.1) is 0 Å². The molecule has 2 amide bonds. The van der Waals surface area contributed by atoms with Crippen LogP contribution in [-0.4, -0.2) is 31.4 Å². The van der Waals surface area contributed by atoms with E-state index in [0.717, 1.165) is 0 Å². The quantitative estimate of drug-likeness (QED) is 0.720. The summed E-state index contributed by atoms with van der Waals surface area (Å²) in [5, 5.41) is 14.1. The van der Waals surface area contributed by atoms with Crippen molar-refractivity contribution in [2.45, 2.75) is 13.0 Å². The average Bonchev–Trinajstić information content (AvgIpc) is 3.23. The van der Waals surface area contributed by atoms with Gasteiger partial charge in [0.05, 0.1) is 11.2 Å². The van der Waals surface area contributed by atoms with Gasteiger partial charge in [0.15, 0.2) is 5.69 Å². The van der Waals surface area contributed by atoms with Gasteiger partial charge in [-0.2, -0.15) is 10.2 Å². The van der Waals surface area contributed by atoms with E-state index in [9.17, 15) is 9.59 Å². The molecule has 0 fully saturated rings. The average molecular weight is 373 g/mol. The normalized spacial score (nSPS) is 11.8. The third-order valence-corrected chi connectivity index (χ3v) is 3.88. The van der Waals surface area contributed by atoms with Crippen LogP contribution >= 0.6 is 11.6 Å². The smallest absolute Gasteiger partial charge is 0.276 e. The minimum absolute atomic E-state index is 0.252. The Balaban J connectivity index is 1.67. The summed E-state index contributed by atoms with van der Waals surface area (Å²) < 4.78 is 3.03. The first kappa shape index (κ1) is 17.7. The fraction of sp³-hybridized carbons (Fsp3) is 0.176. The SMILES string of the molecule is CC(C(=O)Nc1cccc(NC(=O)c2ccn(C)n2)c1)n1cc(Cl)cn1. The molecule has 2 aromatic heterocycles. The minimum Gasteiger partial charge on any atom is -0.324 e. The molecule has 0 saturated carbocycles. The molecule has 0 aliphatic heterocycles. The molecule has 3 aromatic rings. The van der Waals surface area contributed by atoms with Crippen LogP contribution in [0.1, 0.15) is 23.5 Å². The highest BCUT2D eigenvalue weighted by Crippen LogP contribution is 2.18. The lowest BCUT2D eigenvalue weighted by Gasteiger charge is -2.13. The molecule has 0 bridgehead atoms. The predicted octanol–water partition coefficient (Wildman–Crippen LogP) is 2.72. The molecular formula is C17H17ClN6O2. The second-order valence-corrected chi connectivity index (χ2v) is 6.15. The van der Waals surface area contributed by atoms with E-state index < -0.39 is 6.04 Å². The van der Waals surface area contributed by atoms with Crippen molar-refractivity contribution in [3.05, 3.63) is 59.6 Å². The maximum absolute atomic E-state index is 12.4. The van der Waals surface area contributed by atoms with Gasteiger partial charge in [0, 0.05) is 30.8 Å². The van der Waals surface area contributed by atoms with Crippen LogP contribution in [0.15, 0.2) is 48.9 Å². The molecule has 2 N–H and O–H groups in total. The fourth-order valence-corrected chi connectivity index (χ4v) is 2.44. The number of hydrogen-bond acceptors (Lipinski definition) is 4. The van der Waals surface area contributed by atoms with Crippen LogP contribution in [0.4, 0.5) is 11.4 Å². The molecule has 0 radical (unpaired) electrons.